The number of nitrogen functional groups attached to an aromatic ring is 1. The van der Waals surface area contributed by atoms with Crippen LogP contribution in [0.2, 0.25) is 0 Å². The summed E-state index contributed by atoms with van der Waals surface area (Å²) in [5.41, 5.74) is 9.85. The van der Waals surface area contributed by atoms with Crippen molar-refractivity contribution < 1.29 is 9.18 Å². The van der Waals surface area contributed by atoms with Crippen LogP contribution in [-0.2, 0) is 0 Å². The summed E-state index contributed by atoms with van der Waals surface area (Å²) in [6, 6.07) is 3.36. The van der Waals surface area contributed by atoms with Gasteiger partial charge < -0.3 is 0 Å². The van der Waals surface area contributed by atoms with Gasteiger partial charge in [-0.25, -0.2) is 10.2 Å². The minimum Gasteiger partial charge on any atom is -0.290 e. The van der Waals surface area contributed by atoms with Gasteiger partial charge in [0.15, 0.2) is 0 Å². The van der Waals surface area contributed by atoms with Crippen LogP contribution >= 0.6 is 0 Å². The molecular weight excluding hydrogens is 189 g/mol. The molecule has 0 heterocycles. The lowest BCUT2D eigenvalue weighted by molar-refractivity contribution is 0.0953. The molecule has 7 heteroatoms. The number of nitrogens with one attached hydrogen (secondary N) is 1. The van der Waals surface area contributed by atoms with Crippen molar-refractivity contribution in [2.45, 2.75) is 0 Å². The van der Waals surface area contributed by atoms with Gasteiger partial charge in [-0.3, -0.25) is 10.2 Å². The largest absolute Gasteiger partial charge is 0.290 e. The van der Waals surface area contributed by atoms with Crippen molar-refractivity contribution in [1.82, 2.24) is 5.43 Å². The third-order valence-electron chi connectivity index (χ3n) is 1.49. The van der Waals surface area contributed by atoms with E-state index in [1.807, 2.05) is 5.43 Å². The second-order valence-corrected chi connectivity index (χ2v) is 2.33. The van der Waals surface area contributed by atoms with Crippen LogP contribution in [0, 0.1) is 5.82 Å². The summed E-state index contributed by atoms with van der Waals surface area (Å²) in [5, 5.41) is 3.07. The highest BCUT2D eigenvalue weighted by atomic mass is 19.1. The number of halogens is 1. The van der Waals surface area contributed by atoms with Gasteiger partial charge in [0.2, 0.25) is 0 Å². The lowest BCUT2D eigenvalue weighted by Crippen LogP contribution is -2.29. The summed E-state index contributed by atoms with van der Waals surface area (Å²) >= 11 is 0. The molecule has 1 rings (SSSR count). The van der Waals surface area contributed by atoms with Crippen LogP contribution < -0.4 is 11.3 Å². The van der Waals surface area contributed by atoms with Crippen molar-refractivity contribution in [2.24, 2.45) is 11.0 Å². The molecule has 3 N–H and O–H groups in total. The van der Waals surface area contributed by atoms with Crippen molar-refractivity contribution in [1.29, 1.82) is 0 Å². The highest BCUT2D eigenvalue weighted by Gasteiger charge is 2.06. The average Bonchev–Trinajstić information content (AvgIpc) is 2.20. The number of hydrogen-bond donors (Lipinski definition) is 2. The van der Waals surface area contributed by atoms with Crippen LogP contribution in [0.1, 0.15) is 10.4 Å². The fraction of sp³-hybridized carbons (Fsp3) is 0. The van der Waals surface area contributed by atoms with E-state index >= 15 is 0 Å². The van der Waals surface area contributed by atoms with Gasteiger partial charge in [-0.2, -0.15) is 0 Å². The number of rotatable bonds is 2. The van der Waals surface area contributed by atoms with E-state index in [0.717, 1.165) is 12.1 Å². The first-order chi connectivity index (χ1) is 6.69. The topological polar surface area (TPSA) is 104 Å². The molecule has 0 atom stereocenters. The quantitative estimate of drug-likeness (QED) is 0.186. The molecule has 72 valence electrons. The molecule has 1 aromatic rings. The maximum atomic E-state index is 12.9. The summed E-state index contributed by atoms with van der Waals surface area (Å²) in [6.07, 6.45) is 0. The molecule has 6 nitrogen and oxygen atoms in total. The first kappa shape index (κ1) is 9.97. The maximum Gasteiger partial charge on any atom is 0.265 e. The number of benzene rings is 1. The molecule has 0 radical (unpaired) electrons. The summed E-state index contributed by atoms with van der Waals surface area (Å²) < 4.78 is 12.9. The van der Waals surface area contributed by atoms with Gasteiger partial charge in [-0.15, -0.1) is 0 Å². The minimum absolute atomic E-state index is 0.122. The molecule has 0 spiro atoms. The molecule has 0 saturated carbocycles. The average molecular weight is 195 g/mol. The van der Waals surface area contributed by atoms with Crippen molar-refractivity contribution in [2.75, 3.05) is 0 Å². The number of hydrazine groups is 1. The van der Waals surface area contributed by atoms with Crippen LogP contribution in [0.4, 0.5) is 10.1 Å². The van der Waals surface area contributed by atoms with E-state index in [1.165, 1.54) is 6.07 Å². The van der Waals surface area contributed by atoms with Crippen LogP contribution in [-0.4, -0.2) is 5.91 Å². The molecule has 0 fully saturated rings. The smallest absolute Gasteiger partial charge is 0.265 e. The number of hydrogen-bond acceptors (Lipinski definition) is 3. The molecule has 0 aliphatic rings. The monoisotopic (exact) mass is 195 g/mol. The van der Waals surface area contributed by atoms with E-state index in [2.05, 4.69) is 10.0 Å². The normalized spacial score (nSPS) is 9.00. The van der Waals surface area contributed by atoms with E-state index in [4.69, 9.17) is 11.4 Å². The van der Waals surface area contributed by atoms with Gasteiger partial charge >= 0.3 is 0 Å². The van der Waals surface area contributed by atoms with Crippen molar-refractivity contribution in [3.05, 3.63) is 40.0 Å². The minimum atomic E-state index is -0.698. The zero-order valence-corrected chi connectivity index (χ0v) is 6.94. The Kier molecular flexibility index (Phi) is 3.01. The van der Waals surface area contributed by atoms with Gasteiger partial charge in [0, 0.05) is 10.5 Å². The summed E-state index contributed by atoms with van der Waals surface area (Å²) in [4.78, 5) is 13.4. The van der Waals surface area contributed by atoms with Crippen molar-refractivity contribution in [3.63, 3.8) is 0 Å². The molecule has 0 aromatic heterocycles. The lowest BCUT2D eigenvalue weighted by Gasteiger charge is -2.00. The number of azide groups is 1. The van der Waals surface area contributed by atoms with Crippen molar-refractivity contribution >= 4 is 11.6 Å². The van der Waals surface area contributed by atoms with E-state index in [-0.39, 0.29) is 11.3 Å². The zero-order valence-electron chi connectivity index (χ0n) is 6.94. The second-order valence-electron chi connectivity index (χ2n) is 2.33. The van der Waals surface area contributed by atoms with E-state index < -0.39 is 11.7 Å². The van der Waals surface area contributed by atoms with Gasteiger partial charge in [0.05, 0.1) is 5.69 Å². The Morgan fingerprint density at radius 3 is 2.93 bits per heavy atom. The number of carbonyl (C=O) groups excluding carboxylic acids is 1. The first-order valence-electron chi connectivity index (χ1n) is 3.54. The molecule has 1 amide bonds. The molecule has 0 aliphatic heterocycles. The second kappa shape index (κ2) is 4.22. The Hall–Kier alpha value is -2.11. The van der Waals surface area contributed by atoms with Crippen LogP contribution in [0.25, 0.3) is 10.4 Å². The molecule has 14 heavy (non-hydrogen) atoms. The highest BCUT2D eigenvalue weighted by Crippen LogP contribution is 2.19. The van der Waals surface area contributed by atoms with Crippen LogP contribution in [0.15, 0.2) is 23.3 Å². The number of nitrogens with zero attached hydrogens (tertiary/aromatic N) is 3. The van der Waals surface area contributed by atoms with Crippen LogP contribution in [0.5, 0.6) is 0 Å². The lowest BCUT2D eigenvalue weighted by atomic mass is 10.2. The van der Waals surface area contributed by atoms with E-state index in [9.17, 15) is 9.18 Å². The molecule has 0 unspecified atom stereocenters. The maximum absolute atomic E-state index is 12.9. The molecule has 0 aliphatic carbocycles. The third-order valence-corrected chi connectivity index (χ3v) is 1.49. The van der Waals surface area contributed by atoms with E-state index in [1.54, 1.807) is 0 Å². The molecule has 1 aromatic carbocycles. The van der Waals surface area contributed by atoms with Crippen LogP contribution in [0.3, 0.4) is 0 Å². The fourth-order valence-electron chi connectivity index (χ4n) is 0.862. The predicted molar refractivity (Wildman–Crippen MR) is 46.9 cm³/mol. The number of carbonyl (C=O) groups is 1. The standard InChI is InChI=1S/C7H6FN5O/c8-5-2-1-4(7(14)11-9)3-6(5)12-13-10/h1-3H,9H2,(H,11,14). The summed E-state index contributed by atoms with van der Waals surface area (Å²) in [7, 11) is 0. The van der Waals surface area contributed by atoms with Gasteiger partial charge in [0.25, 0.3) is 5.91 Å². The van der Waals surface area contributed by atoms with E-state index in [0.29, 0.717) is 0 Å². The zero-order chi connectivity index (χ0) is 10.6. The molecule has 0 bridgehead atoms. The predicted octanol–water partition coefficient (Wildman–Crippen LogP) is 1.37. The first-order valence-corrected chi connectivity index (χ1v) is 3.54. The molecule has 0 saturated heterocycles. The number of amides is 1. The third kappa shape index (κ3) is 1.98. The molecular formula is C7H6FN5O. The number of nitrogens with two attached hydrogens (primary N) is 1. The van der Waals surface area contributed by atoms with Gasteiger partial charge in [-0.1, -0.05) is 5.11 Å². The Morgan fingerprint density at radius 1 is 1.64 bits per heavy atom. The Bertz CT molecular complexity index is 413. The highest BCUT2D eigenvalue weighted by molar-refractivity contribution is 5.94. The fourth-order valence-corrected chi connectivity index (χ4v) is 0.862. The van der Waals surface area contributed by atoms with Gasteiger partial charge in [0.1, 0.15) is 5.82 Å². The Labute approximate surface area is 78.1 Å². The van der Waals surface area contributed by atoms with Gasteiger partial charge in [-0.05, 0) is 23.7 Å². The Balaban J connectivity index is 3.18. The summed E-state index contributed by atoms with van der Waals surface area (Å²) in [5.74, 6) is 3.59. The Morgan fingerprint density at radius 2 is 2.36 bits per heavy atom. The summed E-state index contributed by atoms with van der Waals surface area (Å²) in [6.45, 7) is 0. The SMILES string of the molecule is [N-]=[N+]=Nc1cc(C(=O)NN)ccc1F. The van der Waals surface area contributed by atoms with Crippen molar-refractivity contribution in [3.8, 4) is 0 Å².